The minimum atomic E-state index is -2.63. The number of hydrogen-bond donors (Lipinski definition) is 0. The van der Waals surface area contributed by atoms with Crippen LogP contribution in [-0.2, 0) is 4.79 Å². The second-order valence-electron chi connectivity index (χ2n) is 3.16. The van der Waals surface area contributed by atoms with E-state index >= 15 is 0 Å². The van der Waals surface area contributed by atoms with E-state index in [-0.39, 0.29) is 12.5 Å². The van der Waals surface area contributed by atoms with Crippen LogP contribution in [0.25, 0.3) is 0 Å². The Morgan fingerprint density at radius 1 is 1.64 bits per heavy atom. The summed E-state index contributed by atoms with van der Waals surface area (Å²) in [6.07, 6.45) is 0.824. The fraction of sp³-hybridized carbons (Fsp3) is 0.857. The maximum Gasteiger partial charge on any atom is 0.257 e. The number of halogens is 2. The number of aldehydes is 1. The summed E-state index contributed by atoms with van der Waals surface area (Å²) in [5, 5.41) is 0. The number of rotatable bonds is 3. The Labute approximate surface area is 64.2 Å². The molecule has 4 heteroatoms. The van der Waals surface area contributed by atoms with E-state index in [1.807, 2.05) is 0 Å². The number of nitrogens with zero attached hydrogens (tertiary/aromatic N) is 1. The molecule has 0 unspecified atom stereocenters. The van der Waals surface area contributed by atoms with Crippen LogP contribution in [0.15, 0.2) is 0 Å². The van der Waals surface area contributed by atoms with Gasteiger partial charge in [-0.15, -0.1) is 0 Å². The zero-order valence-electron chi connectivity index (χ0n) is 6.39. The van der Waals surface area contributed by atoms with Crippen molar-refractivity contribution in [3.8, 4) is 0 Å². The third-order valence-electron chi connectivity index (χ3n) is 1.68. The van der Waals surface area contributed by atoms with Gasteiger partial charge >= 0.3 is 0 Å². The molecule has 0 aromatic heterocycles. The maximum absolute atomic E-state index is 12.3. The van der Waals surface area contributed by atoms with Crippen LogP contribution in [0.5, 0.6) is 0 Å². The molecule has 11 heavy (non-hydrogen) atoms. The molecule has 0 saturated carbocycles. The lowest BCUT2D eigenvalue weighted by molar-refractivity contribution is -0.118. The highest BCUT2D eigenvalue weighted by molar-refractivity contribution is 5.55. The first-order valence-electron chi connectivity index (χ1n) is 3.57. The summed E-state index contributed by atoms with van der Waals surface area (Å²) in [7, 11) is 0. The van der Waals surface area contributed by atoms with Gasteiger partial charge in [-0.3, -0.25) is 4.90 Å². The summed E-state index contributed by atoms with van der Waals surface area (Å²) in [6.45, 7) is 1.65. The Balaban J connectivity index is 2.18. The summed E-state index contributed by atoms with van der Waals surface area (Å²) in [5.74, 6) is -2.65. The van der Waals surface area contributed by atoms with Gasteiger partial charge in [0.15, 0.2) is 0 Å². The topological polar surface area (TPSA) is 20.3 Å². The molecule has 1 rings (SSSR count). The molecule has 1 saturated heterocycles. The molecule has 2 nitrogen and oxygen atoms in total. The first kappa shape index (κ1) is 8.59. The van der Waals surface area contributed by atoms with Crippen LogP contribution in [0.1, 0.15) is 6.92 Å². The van der Waals surface area contributed by atoms with Gasteiger partial charge in [0.2, 0.25) is 0 Å². The average Bonchev–Trinajstić information content (AvgIpc) is 1.75. The van der Waals surface area contributed by atoms with Crippen molar-refractivity contribution in [1.82, 2.24) is 4.90 Å². The molecule has 1 aliphatic heterocycles. The van der Waals surface area contributed by atoms with Crippen molar-refractivity contribution in [2.75, 3.05) is 19.6 Å². The molecule has 64 valence electrons. The van der Waals surface area contributed by atoms with Gasteiger partial charge in [0.1, 0.15) is 6.29 Å². The van der Waals surface area contributed by atoms with Crippen LogP contribution < -0.4 is 0 Å². The first-order chi connectivity index (χ1) is 5.01. The molecular weight excluding hydrogens is 152 g/mol. The lowest BCUT2D eigenvalue weighted by atomic mass is 10.0. The first-order valence-corrected chi connectivity index (χ1v) is 3.57. The van der Waals surface area contributed by atoms with E-state index in [0.29, 0.717) is 13.1 Å². The van der Waals surface area contributed by atoms with Gasteiger partial charge in [0.05, 0.1) is 6.54 Å². The van der Waals surface area contributed by atoms with Gasteiger partial charge in [0.25, 0.3) is 5.92 Å². The highest BCUT2D eigenvalue weighted by Crippen LogP contribution is 2.20. The van der Waals surface area contributed by atoms with Gasteiger partial charge in [-0.2, -0.15) is 0 Å². The van der Waals surface area contributed by atoms with Crippen LogP contribution in [0.3, 0.4) is 0 Å². The smallest absolute Gasteiger partial charge is 0.257 e. The predicted molar refractivity (Wildman–Crippen MR) is 36.6 cm³/mol. The number of carbonyl (C=O) groups excluding carboxylic acids is 1. The van der Waals surface area contributed by atoms with E-state index in [1.54, 1.807) is 4.90 Å². The van der Waals surface area contributed by atoms with E-state index in [1.165, 1.54) is 0 Å². The molecule has 0 aromatic rings. The third kappa shape index (κ3) is 2.54. The minimum Gasteiger partial charge on any atom is -0.303 e. The number of hydrogen-bond acceptors (Lipinski definition) is 2. The Bertz CT molecular complexity index is 149. The van der Waals surface area contributed by atoms with E-state index < -0.39 is 5.92 Å². The Hall–Kier alpha value is -0.510. The second-order valence-corrected chi connectivity index (χ2v) is 3.16. The Morgan fingerprint density at radius 2 is 2.18 bits per heavy atom. The molecule has 1 aliphatic rings. The van der Waals surface area contributed by atoms with Crippen LogP contribution in [-0.4, -0.2) is 36.7 Å². The number of likely N-dealkylation sites (tertiary alicyclic amines) is 1. The minimum absolute atomic E-state index is 0.0163. The highest BCUT2D eigenvalue weighted by Gasteiger charge is 2.33. The second kappa shape index (κ2) is 2.85. The zero-order valence-corrected chi connectivity index (χ0v) is 6.39. The molecular formula is C7H11F2NO. The Morgan fingerprint density at radius 3 is 2.55 bits per heavy atom. The standard InChI is InChI=1S/C7H11F2NO/c1-7(8,9)5-10-2-6(3-10)4-11/h4,6H,2-3,5H2,1H3. The van der Waals surface area contributed by atoms with Crippen molar-refractivity contribution >= 4 is 6.29 Å². The highest BCUT2D eigenvalue weighted by atomic mass is 19.3. The van der Waals surface area contributed by atoms with Gasteiger partial charge in [-0.05, 0) is 0 Å². The van der Waals surface area contributed by atoms with Crippen LogP contribution in [0.4, 0.5) is 8.78 Å². The van der Waals surface area contributed by atoms with Gasteiger partial charge in [0, 0.05) is 25.9 Å². The van der Waals surface area contributed by atoms with E-state index in [9.17, 15) is 13.6 Å². The fourth-order valence-corrected chi connectivity index (χ4v) is 1.22. The molecule has 0 amide bonds. The summed E-state index contributed by atoms with van der Waals surface area (Å²) in [6, 6.07) is 0. The van der Waals surface area contributed by atoms with E-state index in [0.717, 1.165) is 13.2 Å². The van der Waals surface area contributed by atoms with Crippen molar-refractivity contribution < 1.29 is 13.6 Å². The van der Waals surface area contributed by atoms with Crippen molar-refractivity contribution in [3.63, 3.8) is 0 Å². The average molecular weight is 163 g/mol. The molecule has 0 aromatic carbocycles. The van der Waals surface area contributed by atoms with Gasteiger partial charge in [-0.25, -0.2) is 8.78 Å². The summed E-state index contributed by atoms with van der Waals surface area (Å²) in [5.41, 5.74) is 0. The summed E-state index contributed by atoms with van der Waals surface area (Å²) < 4.78 is 24.6. The van der Waals surface area contributed by atoms with Crippen molar-refractivity contribution in [1.29, 1.82) is 0 Å². The molecule has 0 radical (unpaired) electrons. The predicted octanol–water partition coefficient (Wildman–Crippen LogP) is 0.772. The van der Waals surface area contributed by atoms with Gasteiger partial charge < -0.3 is 4.79 Å². The van der Waals surface area contributed by atoms with Crippen molar-refractivity contribution in [2.24, 2.45) is 5.92 Å². The fourth-order valence-electron chi connectivity index (χ4n) is 1.22. The zero-order chi connectivity index (χ0) is 8.48. The molecule has 0 bridgehead atoms. The lowest BCUT2D eigenvalue weighted by Gasteiger charge is -2.37. The quantitative estimate of drug-likeness (QED) is 0.573. The summed E-state index contributed by atoms with van der Waals surface area (Å²) >= 11 is 0. The number of carbonyl (C=O) groups is 1. The lowest BCUT2D eigenvalue weighted by Crippen LogP contribution is -2.51. The maximum atomic E-state index is 12.3. The van der Waals surface area contributed by atoms with Crippen LogP contribution in [0, 0.1) is 5.92 Å². The Kier molecular flexibility index (Phi) is 2.23. The van der Waals surface area contributed by atoms with Crippen LogP contribution >= 0.6 is 0 Å². The monoisotopic (exact) mass is 163 g/mol. The largest absolute Gasteiger partial charge is 0.303 e. The number of alkyl halides is 2. The van der Waals surface area contributed by atoms with Gasteiger partial charge in [-0.1, -0.05) is 0 Å². The molecule has 0 spiro atoms. The summed E-state index contributed by atoms with van der Waals surface area (Å²) in [4.78, 5) is 11.7. The van der Waals surface area contributed by atoms with Crippen LogP contribution in [0.2, 0.25) is 0 Å². The molecule has 1 fully saturated rings. The molecule has 0 atom stereocenters. The molecule has 0 aliphatic carbocycles. The normalized spacial score (nSPS) is 21.4. The SMILES string of the molecule is CC(F)(F)CN1CC(C=O)C1. The van der Waals surface area contributed by atoms with E-state index in [2.05, 4.69) is 0 Å². The van der Waals surface area contributed by atoms with Crippen molar-refractivity contribution in [2.45, 2.75) is 12.8 Å². The third-order valence-corrected chi connectivity index (χ3v) is 1.68. The molecule has 0 N–H and O–H groups in total. The van der Waals surface area contributed by atoms with Crippen molar-refractivity contribution in [3.05, 3.63) is 0 Å². The molecule has 1 heterocycles. The van der Waals surface area contributed by atoms with E-state index in [4.69, 9.17) is 0 Å².